The number of carbonyl (C=O) groups excluding carboxylic acids is 2. The molecule has 0 fully saturated rings. The first kappa shape index (κ1) is 21.0. The number of nitrogens with one attached hydrogen (secondary N) is 1. The average molecular weight is 476 g/mol. The lowest BCUT2D eigenvalue weighted by Gasteiger charge is -2.23. The zero-order valence-electron chi connectivity index (χ0n) is 17.4. The molecule has 1 aliphatic heterocycles. The number of nitrogens with zero attached hydrogens (tertiary/aromatic N) is 2. The van der Waals surface area contributed by atoms with Crippen molar-refractivity contribution >= 4 is 44.8 Å². The SMILES string of the molecule is Cc1cccc(NC(=O)CN2C(=O)CN=C(c3ccccc3)c3cc(Br)ccc32)c1C. The Labute approximate surface area is 189 Å². The number of hydrogen-bond donors (Lipinski definition) is 1. The molecule has 31 heavy (non-hydrogen) atoms. The third-order valence-corrected chi connectivity index (χ3v) is 5.90. The van der Waals surface area contributed by atoms with Gasteiger partial charge in [0.1, 0.15) is 13.1 Å². The van der Waals surface area contributed by atoms with Gasteiger partial charge in [-0.25, -0.2) is 0 Å². The molecule has 2 amide bonds. The van der Waals surface area contributed by atoms with Crippen molar-refractivity contribution in [2.24, 2.45) is 4.99 Å². The number of anilines is 2. The topological polar surface area (TPSA) is 61.8 Å². The van der Waals surface area contributed by atoms with Crippen molar-refractivity contribution in [2.75, 3.05) is 23.3 Å². The minimum atomic E-state index is -0.251. The summed E-state index contributed by atoms with van der Waals surface area (Å²) in [6.45, 7) is 3.86. The van der Waals surface area contributed by atoms with Crippen LogP contribution in [0.4, 0.5) is 11.4 Å². The van der Waals surface area contributed by atoms with Gasteiger partial charge in [-0.05, 0) is 49.2 Å². The van der Waals surface area contributed by atoms with Gasteiger partial charge >= 0.3 is 0 Å². The third kappa shape index (κ3) is 4.44. The number of benzodiazepines with no additional fused rings is 1. The van der Waals surface area contributed by atoms with Gasteiger partial charge in [0.2, 0.25) is 11.8 Å². The van der Waals surface area contributed by atoms with Crippen LogP contribution in [0.3, 0.4) is 0 Å². The van der Waals surface area contributed by atoms with Crippen molar-refractivity contribution in [1.82, 2.24) is 0 Å². The molecule has 1 aliphatic rings. The molecule has 1 N–H and O–H groups in total. The first-order valence-electron chi connectivity index (χ1n) is 10.0. The van der Waals surface area contributed by atoms with E-state index < -0.39 is 0 Å². The number of carbonyl (C=O) groups is 2. The maximum Gasteiger partial charge on any atom is 0.249 e. The van der Waals surface area contributed by atoms with E-state index in [1.54, 1.807) is 0 Å². The smallest absolute Gasteiger partial charge is 0.249 e. The zero-order chi connectivity index (χ0) is 22.0. The molecule has 4 rings (SSSR count). The average Bonchev–Trinajstić information content (AvgIpc) is 2.89. The summed E-state index contributed by atoms with van der Waals surface area (Å²) in [5.41, 5.74) is 6.01. The minimum Gasteiger partial charge on any atom is -0.324 e. The first-order chi connectivity index (χ1) is 14.9. The lowest BCUT2D eigenvalue weighted by molar-refractivity contribution is -0.120. The Kier molecular flexibility index (Phi) is 6.00. The number of aliphatic imine (C=N–C) groups is 1. The Hall–Kier alpha value is -3.25. The van der Waals surface area contributed by atoms with Crippen molar-refractivity contribution in [3.05, 3.63) is 93.5 Å². The Morgan fingerprint density at radius 2 is 1.84 bits per heavy atom. The lowest BCUT2D eigenvalue weighted by atomic mass is 10.0. The van der Waals surface area contributed by atoms with Gasteiger partial charge in [0.25, 0.3) is 0 Å². The number of halogens is 1. The second kappa shape index (κ2) is 8.86. The fourth-order valence-corrected chi connectivity index (χ4v) is 3.98. The zero-order valence-corrected chi connectivity index (χ0v) is 18.9. The van der Waals surface area contributed by atoms with Crippen molar-refractivity contribution in [3.63, 3.8) is 0 Å². The second-order valence-electron chi connectivity index (χ2n) is 7.47. The summed E-state index contributed by atoms with van der Waals surface area (Å²) >= 11 is 3.52. The highest BCUT2D eigenvalue weighted by Crippen LogP contribution is 2.30. The van der Waals surface area contributed by atoms with Gasteiger partial charge in [0, 0.05) is 21.3 Å². The van der Waals surface area contributed by atoms with E-state index in [-0.39, 0.29) is 24.9 Å². The van der Waals surface area contributed by atoms with Gasteiger partial charge in [0.05, 0.1) is 11.4 Å². The predicted octanol–water partition coefficient (Wildman–Crippen LogP) is 4.89. The summed E-state index contributed by atoms with van der Waals surface area (Å²) in [5.74, 6) is -0.468. The quantitative estimate of drug-likeness (QED) is 0.583. The Balaban J connectivity index is 1.67. The van der Waals surface area contributed by atoms with E-state index >= 15 is 0 Å². The Morgan fingerprint density at radius 1 is 1.06 bits per heavy atom. The molecule has 5 nitrogen and oxygen atoms in total. The summed E-state index contributed by atoms with van der Waals surface area (Å²) in [6.07, 6.45) is 0. The molecular formula is C25H22BrN3O2. The molecule has 156 valence electrons. The van der Waals surface area contributed by atoms with Gasteiger partial charge in [-0.1, -0.05) is 58.4 Å². The van der Waals surface area contributed by atoms with Gasteiger partial charge in [-0.3, -0.25) is 14.6 Å². The molecule has 0 saturated carbocycles. The summed E-state index contributed by atoms with van der Waals surface area (Å²) in [6, 6.07) is 21.2. The standard InChI is InChI=1S/C25H22BrN3O2/c1-16-7-6-10-21(17(16)2)28-23(30)15-29-22-12-11-19(26)13-20(22)25(27-14-24(29)31)18-8-4-3-5-9-18/h3-13H,14-15H2,1-2H3,(H,28,30). The van der Waals surface area contributed by atoms with Crippen molar-refractivity contribution in [3.8, 4) is 0 Å². The molecule has 1 heterocycles. The summed E-state index contributed by atoms with van der Waals surface area (Å²) in [5, 5.41) is 2.94. The van der Waals surface area contributed by atoms with Crippen LogP contribution >= 0.6 is 15.9 Å². The van der Waals surface area contributed by atoms with E-state index in [1.807, 2.05) is 80.6 Å². The lowest BCUT2D eigenvalue weighted by Crippen LogP contribution is -2.39. The van der Waals surface area contributed by atoms with Crippen molar-refractivity contribution in [2.45, 2.75) is 13.8 Å². The van der Waals surface area contributed by atoms with Crippen LogP contribution in [0.5, 0.6) is 0 Å². The van der Waals surface area contributed by atoms with Gasteiger partial charge in [-0.15, -0.1) is 0 Å². The molecular weight excluding hydrogens is 454 g/mol. The van der Waals surface area contributed by atoms with E-state index in [1.165, 1.54) is 4.90 Å². The number of rotatable bonds is 4. The van der Waals surface area contributed by atoms with Crippen LogP contribution in [0.2, 0.25) is 0 Å². The molecule has 0 radical (unpaired) electrons. The van der Waals surface area contributed by atoms with Crippen molar-refractivity contribution in [1.29, 1.82) is 0 Å². The van der Waals surface area contributed by atoms with E-state index in [4.69, 9.17) is 0 Å². The monoisotopic (exact) mass is 475 g/mol. The fraction of sp³-hybridized carbons (Fsp3) is 0.160. The van der Waals surface area contributed by atoms with E-state index in [0.29, 0.717) is 5.69 Å². The molecule has 0 spiro atoms. The van der Waals surface area contributed by atoms with Gasteiger partial charge < -0.3 is 10.2 Å². The summed E-state index contributed by atoms with van der Waals surface area (Å²) in [7, 11) is 0. The second-order valence-corrected chi connectivity index (χ2v) is 8.38. The third-order valence-electron chi connectivity index (χ3n) is 5.41. The molecule has 0 atom stereocenters. The van der Waals surface area contributed by atoms with E-state index in [9.17, 15) is 9.59 Å². The maximum absolute atomic E-state index is 13.0. The van der Waals surface area contributed by atoms with Gasteiger partial charge in [-0.2, -0.15) is 0 Å². The van der Waals surface area contributed by atoms with Crippen molar-refractivity contribution < 1.29 is 9.59 Å². The Bertz CT molecular complexity index is 1190. The molecule has 0 unspecified atom stereocenters. The molecule has 6 heteroatoms. The Morgan fingerprint density at radius 3 is 2.61 bits per heavy atom. The number of fused-ring (bicyclic) bond motifs is 1. The number of aryl methyl sites for hydroxylation is 1. The van der Waals surface area contributed by atoms with Crippen LogP contribution < -0.4 is 10.2 Å². The maximum atomic E-state index is 13.0. The van der Waals surface area contributed by atoms with Crippen LogP contribution in [0.25, 0.3) is 0 Å². The largest absolute Gasteiger partial charge is 0.324 e. The number of amides is 2. The highest BCUT2D eigenvalue weighted by atomic mass is 79.9. The predicted molar refractivity (Wildman–Crippen MR) is 128 cm³/mol. The van der Waals surface area contributed by atoms with Crippen LogP contribution in [0, 0.1) is 13.8 Å². The highest BCUT2D eigenvalue weighted by Gasteiger charge is 2.27. The number of benzene rings is 3. The first-order valence-corrected chi connectivity index (χ1v) is 10.8. The fourth-order valence-electron chi connectivity index (χ4n) is 3.62. The summed E-state index contributed by atoms with van der Waals surface area (Å²) in [4.78, 5) is 32.0. The van der Waals surface area contributed by atoms with E-state index in [0.717, 1.165) is 38.1 Å². The van der Waals surface area contributed by atoms with E-state index in [2.05, 4.69) is 26.2 Å². The molecule has 0 aromatic heterocycles. The van der Waals surface area contributed by atoms with Crippen LogP contribution in [0.1, 0.15) is 22.3 Å². The van der Waals surface area contributed by atoms with Crippen LogP contribution in [0.15, 0.2) is 76.2 Å². The number of hydrogen-bond acceptors (Lipinski definition) is 3. The molecule has 3 aromatic carbocycles. The highest BCUT2D eigenvalue weighted by molar-refractivity contribution is 9.10. The normalized spacial score (nSPS) is 13.3. The molecule has 0 aliphatic carbocycles. The van der Waals surface area contributed by atoms with Crippen LogP contribution in [-0.2, 0) is 9.59 Å². The molecule has 0 bridgehead atoms. The van der Waals surface area contributed by atoms with Crippen LogP contribution in [-0.4, -0.2) is 30.6 Å². The molecule has 3 aromatic rings. The molecule has 0 saturated heterocycles. The van der Waals surface area contributed by atoms with Gasteiger partial charge in [0.15, 0.2) is 0 Å². The summed E-state index contributed by atoms with van der Waals surface area (Å²) < 4.78 is 0.879. The minimum absolute atomic E-state index is 0.0206.